The predicted octanol–water partition coefficient (Wildman–Crippen LogP) is 3.39. The van der Waals surface area contributed by atoms with Crippen LogP contribution in [0.25, 0.3) is 0 Å². The van der Waals surface area contributed by atoms with Crippen molar-refractivity contribution in [2.75, 3.05) is 34.1 Å². The number of aliphatic hydroxyl groups is 1. The SMILES string of the molecule is COC(=O)C[C@](O)(CCC=C(C)C)C(=O)OC1C(OC)=CC23CCCN2CCc2cc4c(cc2[C@H]13)OCO4. The molecule has 206 valence electrons. The molecule has 1 aromatic carbocycles. The fraction of sp³-hybridized carbons (Fsp3) is 0.586. The highest BCUT2D eigenvalue weighted by molar-refractivity contribution is 5.86. The molecular weight excluding hydrogens is 490 g/mol. The highest BCUT2D eigenvalue weighted by Gasteiger charge is 2.59. The molecule has 9 heteroatoms. The van der Waals surface area contributed by atoms with Gasteiger partial charge in [-0.1, -0.05) is 11.6 Å². The smallest absolute Gasteiger partial charge is 0.339 e. The number of rotatable bonds is 8. The number of carbonyl (C=O) groups is 2. The van der Waals surface area contributed by atoms with Crippen LogP contribution >= 0.6 is 0 Å². The van der Waals surface area contributed by atoms with Gasteiger partial charge in [-0.3, -0.25) is 9.69 Å². The molecule has 1 aliphatic carbocycles. The average molecular weight is 528 g/mol. The van der Waals surface area contributed by atoms with Crippen LogP contribution in [0.2, 0.25) is 0 Å². The largest absolute Gasteiger partial charge is 0.497 e. The topological polar surface area (TPSA) is 104 Å². The van der Waals surface area contributed by atoms with E-state index in [4.69, 9.17) is 23.7 Å². The highest BCUT2D eigenvalue weighted by atomic mass is 16.7. The van der Waals surface area contributed by atoms with Gasteiger partial charge in [-0.25, -0.2) is 4.79 Å². The first-order chi connectivity index (χ1) is 18.2. The fourth-order valence-electron chi connectivity index (χ4n) is 6.49. The average Bonchev–Trinajstić information content (AvgIpc) is 3.57. The Hall–Kier alpha value is -3.04. The van der Waals surface area contributed by atoms with Crippen LogP contribution in [0.4, 0.5) is 0 Å². The molecule has 0 bridgehead atoms. The molecule has 4 atom stereocenters. The van der Waals surface area contributed by atoms with E-state index in [-0.39, 0.29) is 19.1 Å². The molecule has 38 heavy (non-hydrogen) atoms. The summed E-state index contributed by atoms with van der Waals surface area (Å²) in [7, 11) is 2.81. The number of allylic oxidation sites excluding steroid dienone is 2. The van der Waals surface area contributed by atoms with E-state index in [0.29, 0.717) is 17.9 Å². The van der Waals surface area contributed by atoms with Crippen LogP contribution in [-0.4, -0.2) is 73.3 Å². The van der Waals surface area contributed by atoms with Crippen molar-refractivity contribution in [3.63, 3.8) is 0 Å². The van der Waals surface area contributed by atoms with Crippen molar-refractivity contribution in [2.24, 2.45) is 0 Å². The summed E-state index contributed by atoms with van der Waals surface area (Å²) in [6.45, 7) is 5.83. The van der Waals surface area contributed by atoms with Crippen molar-refractivity contribution in [3.05, 3.63) is 46.7 Å². The monoisotopic (exact) mass is 527 g/mol. The first-order valence-corrected chi connectivity index (χ1v) is 13.3. The number of methoxy groups -OCH3 is 2. The van der Waals surface area contributed by atoms with Gasteiger partial charge in [0.25, 0.3) is 0 Å². The van der Waals surface area contributed by atoms with Gasteiger partial charge in [0, 0.05) is 6.54 Å². The standard InChI is InChI=1S/C29H37NO8/c1-18(2)7-5-10-29(33,16-24(31)35-4)27(32)38-26-23(34-3)15-28-9-6-11-30(28)12-8-19-13-21-22(37-17-36-21)14-20(19)25(26)28/h7,13-15,25-26,33H,5-6,8-12,16-17H2,1-4H3/t25-,26?,28?,29-/m1/s1. The van der Waals surface area contributed by atoms with Crippen molar-refractivity contribution in [1.82, 2.24) is 4.90 Å². The van der Waals surface area contributed by atoms with Crippen LogP contribution < -0.4 is 9.47 Å². The third kappa shape index (κ3) is 4.56. The molecule has 0 aromatic heterocycles. The number of ether oxygens (including phenoxy) is 5. The second kappa shape index (κ2) is 10.3. The minimum absolute atomic E-state index is 0.0298. The second-order valence-corrected chi connectivity index (χ2v) is 10.9. The van der Waals surface area contributed by atoms with Gasteiger partial charge in [-0.15, -0.1) is 0 Å². The molecule has 4 aliphatic rings. The van der Waals surface area contributed by atoms with Crippen LogP contribution in [0.3, 0.4) is 0 Å². The zero-order chi connectivity index (χ0) is 27.1. The molecule has 3 aliphatic heterocycles. The number of hydrogen-bond donors (Lipinski definition) is 1. The van der Waals surface area contributed by atoms with Gasteiger partial charge in [0.1, 0.15) is 5.76 Å². The first-order valence-electron chi connectivity index (χ1n) is 13.3. The predicted molar refractivity (Wildman–Crippen MR) is 138 cm³/mol. The zero-order valence-electron chi connectivity index (χ0n) is 22.6. The number of esters is 2. The number of carbonyl (C=O) groups excluding carboxylic acids is 2. The van der Waals surface area contributed by atoms with E-state index in [1.165, 1.54) is 7.11 Å². The van der Waals surface area contributed by atoms with E-state index >= 15 is 0 Å². The molecule has 1 N–H and O–H groups in total. The van der Waals surface area contributed by atoms with Gasteiger partial charge in [0.15, 0.2) is 23.2 Å². The van der Waals surface area contributed by atoms with E-state index in [0.717, 1.165) is 54.8 Å². The first kappa shape index (κ1) is 26.6. The van der Waals surface area contributed by atoms with Crippen LogP contribution in [0.15, 0.2) is 35.6 Å². The summed E-state index contributed by atoms with van der Waals surface area (Å²) in [6.07, 6.45) is 5.92. The molecule has 5 rings (SSSR count). The molecule has 1 fully saturated rings. The summed E-state index contributed by atoms with van der Waals surface area (Å²) in [5, 5.41) is 11.5. The normalized spacial score (nSPS) is 26.7. The van der Waals surface area contributed by atoms with Crippen LogP contribution in [0.5, 0.6) is 11.5 Å². The van der Waals surface area contributed by atoms with E-state index in [2.05, 4.69) is 11.0 Å². The van der Waals surface area contributed by atoms with Crippen molar-refractivity contribution in [3.8, 4) is 11.5 Å². The quantitative estimate of drug-likeness (QED) is 0.402. The van der Waals surface area contributed by atoms with Crippen molar-refractivity contribution in [1.29, 1.82) is 0 Å². The number of fused-ring (bicyclic) bond motifs is 3. The molecule has 0 radical (unpaired) electrons. The molecule has 1 spiro atoms. The molecule has 2 unspecified atom stereocenters. The fourth-order valence-corrected chi connectivity index (χ4v) is 6.49. The summed E-state index contributed by atoms with van der Waals surface area (Å²) >= 11 is 0. The molecule has 1 aromatic rings. The van der Waals surface area contributed by atoms with Crippen molar-refractivity contribution in [2.45, 2.75) is 75.5 Å². The summed E-state index contributed by atoms with van der Waals surface area (Å²) in [5.41, 5.74) is 0.772. The Labute approximate surface area is 223 Å². The van der Waals surface area contributed by atoms with E-state index in [1.807, 2.05) is 32.1 Å². The Balaban J connectivity index is 1.53. The lowest BCUT2D eigenvalue weighted by molar-refractivity contribution is -0.178. The minimum Gasteiger partial charge on any atom is -0.497 e. The van der Waals surface area contributed by atoms with Gasteiger partial charge in [0.2, 0.25) is 6.79 Å². The summed E-state index contributed by atoms with van der Waals surface area (Å²) in [4.78, 5) is 28.4. The highest BCUT2D eigenvalue weighted by Crippen LogP contribution is 2.55. The van der Waals surface area contributed by atoms with E-state index in [9.17, 15) is 14.7 Å². The van der Waals surface area contributed by atoms with Crippen LogP contribution in [0, 0.1) is 0 Å². The van der Waals surface area contributed by atoms with Gasteiger partial charge >= 0.3 is 11.9 Å². The number of benzene rings is 1. The number of nitrogens with zero attached hydrogens (tertiary/aromatic N) is 1. The summed E-state index contributed by atoms with van der Waals surface area (Å²) in [6, 6.07) is 4.04. The van der Waals surface area contributed by atoms with Gasteiger partial charge < -0.3 is 28.8 Å². The van der Waals surface area contributed by atoms with Crippen molar-refractivity contribution >= 4 is 11.9 Å². The van der Waals surface area contributed by atoms with Gasteiger partial charge in [-0.05, 0) is 81.8 Å². The Morgan fingerprint density at radius 3 is 2.68 bits per heavy atom. The molecule has 0 saturated carbocycles. The third-order valence-corrected chi connectivity index (χ3v) is 8.35. The van der Waals surface area contributed by atoms with Crippen molar-refractivity contribution < 1.29 is 38.4 Å². The molecule has 1 saturated heterocycles. The van der Waals surface area contributed by atoms with E-state index < -0.39 is 35.6 Å². The molecule has 3 heterocycles. The van der Waals surface area contributed by atoms with Gasteiger partial charge in [0.05, 0.1) is 32.1 Å². The maximum absolute atomic E-state index is 13.7. The Kier molecular flexibility index (Phi) is 7.17. The minimum atomic E-state index is -2.04. The molecule has 0 amide bonds. The summed E-state index contributed by atoms with van der Waals surface area (Å²) in [5.74, 6) is 0.137. The van der Waals surface area contributed by atoms with Gasteiger partial charge in [-0.2, -0.15) is 0 Å². The Morgan fingerprint density at radius 1 is 1.21 bits per heavy atom. The molecule has 9 nitrogen and oxygen atoms in total. The zero-order valence-corrected chi connectivity index (χ0v) is 22.6. The van der Waals surface area contributed by atoms with Crippen LogP contribution in [-0.2, 0) is 30.2 Å². The maximum atomic E-state index is 13.7. The number of hydrogen-bond acceptors (Lipinski definition) is 9. The Morgan fingerprint density at radius 2 is 1.97 bits per heavy atom. The lowest BCUT2D eigenvalue weighted by atomic mass is 9.77. The van der Waals surface area contributed by atoms with Crippen LogP contribution in [0.1, 0.15) is 63.0 Å². The van der Waals surface area contributed by atoms with E-state index in [1.54, 1.807) is 7.11 Å². The second-order valence-electron chi connectivity index (χ2n) is 10.9. The molecular formula is C29H37NO8. The maximum Gasteiger partial charge on any atom is 0.339 e. The lowest BCUT2D eigenvalue weighted by Gasteiger charge is -2.39. The lowest BCUT2D eigenvalue weighted by Crippen LogP contribution is -2.49. The Bertz CT molecular complexity index is 1170. The summed E-state index contributed by atoms with van der Waals surface area (Å²) < 4.78 is 28.2. The third-order valence-electron chi connectivity index (χ3n) is 8.35.